The third-order valence-corrected chi connectivity index (χ3v) is 3.07. The summed E-state index contributed by atoms with van der Waals surface area (Å²) >= 11 is 0. The number of carbonyl (C=O) groups excluding carboxylic acids is 1. The highest BCUT2D eigenvalue weighted by atomic mass is 19.1. The quantitative estimate of drug-likeness (QED) is 0.784. The second-order valence-corrected chi connectivity index (χ2v) is 4.35. The Bertz CT molecular complexity index is 642. The van der Waals surface area contributed by atoms with E-state index in [0.717, 1.165) is 0 Å². The van der Waals surface area contributed by atoms with Crippen LogP contribution in [0.4, 0.5) is 15.8 Å². The van der Waals surface area contributed by atoms with Crippen molar-refractivity contribution in [1.29, 1.82) is 0 Å². The third-order valence-electron chi connectivity index (χ3n) is 3.07. The molecule has 0 spiro atoms. The molecule has 0 bridgehead atoms. The number of rotatable bonds is 1. The molecule has 3 nitrogen and oxygen atoms in total. The van der Waals surface area contributed by atoms with E-state index in [-0.39, 0.29) is 11.6 Å². The van der Waals surface area contributed by atoms with Gasteiger partial charge in [-0.1, -0.05) is 24.3 Å². The molecular formula is C15H12FNO2. The standard InChI is InChI=1S/C15H12FNO2/c1-10-15(18)17(12-7-3-2-6-11(12)16)13-8-4-5-9-14(13)19-10/h2-10H,1H3. The SMILES string of the molecule is CC1Oc2ccccc2N(c2ccccc2F)C1=O. The summed E-state index contributed by atoms with van der Waals surface area (Å²) in [4.78, 5) is 13.6. The molecule has 0 saturated heterocycles. The van der Waals surface area contributed by atoms with Gasteiger partial charge in [-0.15, -0.1) is 0 Å². The minimum absolute atomic E-state index is 0.245. The minimum atomic E-state index is -0.630. The number of nitrogens with zero attached hydrogens (tertiary/aromatic N) is 1. The average Bonchev–Trinajstić information content (AvgIpc) is 2.42. The second kappa shape index (κ2) is 4.39. The van der Waals surface area contributed by atoms with Crippen molar-refractivity contribution in [1.82, 2.24) is 0 Å². The Labute approximate surface area is 110 Å². The van der Waals surface area contributed by atoms with Crippen LogP contribution in [-0.2, 0) is 4.79 Å². The van der Waals surface area contributed by atoms with E-state index < -0.39 is 11.9 Å². The maximum absolute atomic E-state index is 13.9. The zero-order chi connectivity index (χ0) is 13.4. The van der Waals surface area contributed by atoms with E-state index in [0.29, 0.717) is 11.4 Å². The summed E-state index contributed by atoms with van der Waals surface area (Å²) in [6.07, 6.45) is -0.630. The molecule has 1 unspecified atom stereocenters. The van der Waals surface area contributed by atoms with Gasteiger partial charge in [0.25, 0.3) is 5.91 Å². The molecule has 0 radical (unpaired) electrons. The first-order valence-corrected chi connectivity index (χ1v) is 6.02. The van der Waals surface area contributed by atoms with E-state index in [1.54, 1.807) is 43.3 Å². The van der Waals surface area contributed by atoms with Crippen molar-refractivity contribution in [2.45, 2.75) is 13.0 Å². The van der Waals surface area contributed by atoms with Gasteiger partial charge in [0, 0.05) is 0 Å². The van der Waals surface area contributed by atoms with Crippen LogP contribution in [0.2, 0.25) is 0 Å². The van der Waals surface area contributed by atoms with Gasteiger partial charge in [-0.2, -0.15) is 0 Å². The monoisotopic (exact) mass is 257 g/mol. The number of hydrogen-bond donors (Lipinski definition) is 0. The molecule has 0 aromatic heterocycles. The molecule has 1 aliphatic heterocycles. The maximum Gasteiger partial charge on any atom is 0.272 e. The van der Waals surface area contributed by atoms with Gasteiger partial charge in [0.2, 0.25) is 0 Å². The van der Waals surface area contributed by atoms with E-state index in [1.807, 2.05) is 6.07 Å². The number of fused-ring (bicyclic) bond motifs is 1. The van der Waals surface area contributed by atoms with Crippen molar-refractivity contribution in [2.24, 2.45) is 0 Å². The van der Waals surface area contributed by atoms with Crippen LogP contribution in [0.5, 0.6) is 5.75 Å². The summed E-state index contributed by atoms with van der Waals surface area (Å²) in [5.41, 5.74) is 0.811. The average molecular weight is 257 g/mol. The second-order valence-electron chi connectivity index (χ2n) is 4.35. The Morgan fingerprint density at radius 1 is 1.05 bits per heavy atom. The van der Waals surface area contributed by atoms with E-state index in [1.165, 1.54) is 11.0 Å². The zero-order valence-electron chi connectivity index (χ0n) is 10.3. The van der Waals surface area contributed by atoms with Crippen LogP contribution in [0.25, 0.3) is 0 Å². The molecule has 2 aromatic rings. The number of ether oxygens (including phenoxy) is 1. The van der Waals surface area contributed by atoms with Crippen LogP contribution in [-0.4, -0.2) is 12.0 Å². The van der Waals surface area contributed by atoms with Crippen LogP contribution in [0, 0.1) is 5.82 Å². The van der Waals surface area contributed by atoms with Gasteiger partial charge in [-0.25, -0.2) is 4.39 Å². The number of para-hydroxylation sites is 3. The number of amides is 1. The van der Waals surface area contributed by atoms with Gasteiger partial charge in [0.1, 0.15) is 11.6 Å². The molecular weight excluding hydrogens is 245 g/mol. The van der Waals surface area contributed by atoms with E-state index in [9.17, 15) is 9.18 Å². The summed E-state index contributed by atoms with van der Waals surface area (Å²) in [7, 11) is 0. The lowest BCUT2D eigenvalue weighted by Crippen LogP contribution is -2.41. The predicted molar refractivity (Wildman–Crippen MR) is 70.1 cm³/mol. The highest BCUT2D eigenvalue weighted by Crippen LogP contribution is 2.39. The fraction of sp³-hybridized carbons (Fsp3) is 0.133. The highest BCUT2D eigenvalue weighted by molar-refractivity contribution is 6.05. The van der Waals surface area contributed by atoms with Crippen LogP contribution in [0.15, 0.2) is 48.5 Å². The molecule has 1 amide bonds. The van der Waals surface area contributed by atoms with Crippen molar-refractivity contribution < 1.29 is 13.9 Å². The molecule has 1 atom stereocenters. The molecule has 0 fully saturated rings. The number of hydrogen-bond acceptors (Lipinski definition) is 2. The van der Waals surface area contributed by atoms with Gasteiger partial charge >= 0.3 is 0 Å². The number of anilines is 2. The predicted octanol–water partition coefficient (Wildman–Crippen LogP) is 3.27. The van der Waals surface area contributed by atoms with Gasteiger partial charge < -0.3 is 4.74 Å². The fourth-order valence-corrected chi connectivity index (χ4v) is 2.16. The van der Waals surface area contributed by atoms with Crippen LogP contribution < -0.4 is 9.64 Å². The lowest BCUT2D eigenvalue weighted by atomic mass is 10.1. The van der Waals surface area contributed by atoms with E-state index in [4.69, 9.17) is 4.74 Å². The minimum Gasteiger partial charge on any atom is -0.479 e. The summed E-state index contributed by atoms with van der Waals surface area (Å²) in [6, 6.07) is 13.3. The fourth-order valence-electron chi connectivity index (χ4n) is 2.16. The van der Waals surface area contributed by atoms with Crippen LogP contribution >= 0.6 is 0 Å². The maximum atomic E-state index is 13.9. The Kier molecular flexibility index (Phi) is 2.71. The molecule has 0 aliphatic carbocycles. The Morgan fingerprint density at radius 3 is 2.42 bits per heavy atom. The van der Waals surface area contributed by atoms with Gasteiger partial charge in [0.15, 0.2) is 6.10 Å². The Balaban J connectivity index is 2.19. The number of carbonyl (C=O) groups is 1. The van der Waals surface area contributed by atoms with Crippen molar-refractivity contribution in [3.05, 3.63) is 54.3 Å². The van der Waals surface area contributed by atoms with Crippen molar-refractivity contribution in [3.63, 3.8) is 0 Å². The molecule has 3 rings (SSSR count). The molecule has 19 heavy (non-hydrogen) atoms. The van der Waals surface area contributed by atoms with Gasteiger partial charge in [0.05, 0.1) is 11.4 Å². The Hall–Kier alpha value is -2.36. The van der Waals surface area contributed by atoms with E-state index in [2.05, 4.69) is 0 Å². The Morgan fingerprint density at radius 2 is 1.68 bits per heavy atom. The first-order valence-electron chi connectivity index (χ1n) is 6.02. The molecule has 0 N–H and O–H groups in total. The smallest absolute Gasteiger partial charge is 0.272 e. The number of halogens is 1. The van der Waals surface area contributed by atoms with Crippen molar-refractivity contribution >= 4 is 17.3 Å². The summed E-state index contributed by atoms with van der Waals surface area (Å²) in [5.74, 6) is -0.124. The lowest BCUT2D eigenvalue weighted by molar-refractivity contribution is -0.124. The topological polar surface area (TPSA) is 29.5 Å². The number of benzene rings is 2. The lowest BCUT2D eigenvalue weighted by Gasteiger charge is -2.33. The highest BCUT2D eigenvalue weighted by Gasteiger charge is 2.33. The summed E-state index contributed by atoms with van der Waals surface area (Å²) in [5, 5.41) is 0. The molecule has 1 heterocycles. The third kappa shape index (κ3) is 1.85. The first-order chi connectivity index (χ1) is 9.18. The largest absolute Gasteiger partial charge is 0.479 e. The van der Waals surface area contributed by atoms with E-state index >= 15 is 0 Å². The van der Waals surface area contributed by atoms with Crippen LogP contribution in [0.1, 0.15) is 6.92 Å². The van der Waals surface area contributed by atoms with Gasteiger partial charge in [-0.05, 0) is 31.2 Å². The molecule has 0 saturated carbocycles. The molecule has 4 heteroatoms. The molecule has 1 aliphatic rings. The summed E-state index contributed by atoms with van der Waals surface area (Å²) in [6.45, 7) is 1.66. The molecule has 2 aromatic carbocycles. The van der Waals surface area contributed by atoms with Crippen molar-refractivity contribution in [3.8, 4) is 5.75 Å². The first kappa shape index (κ1) is 11.7. The van der Waals surface area contributed by atoms with Gasteiger partial charge in [-0.3, -0.25) is 9.69 Å². The zero-order valence-corrected chi connectivity index (χ0v) is 10.3. The normalized spacial score (nSPS) is 17.9. The molecule has 96 valence electrons. The van der Waals surface area contributed by atoms with Crippen LogP contribution in [0.3, 0.4) is 0 Å². The van der Waals surface area contributed by atoms with Crippen molar-refractivity contribution in [2.75, 3.05) is 4.90 Å². The summed E-state index contributed by atoms with van der Waals surface area (Å²) < 4.78 is 19.5.